The zero-order chi connectivity index (χ0) is 11.3. The number of aliphatic carboxylic acids is 1. The second-order valence-electron chi connectivity index (χ2n) is 4.29. The van der Waals surface area contributed by atoms with Crippen molar-refractivity contribution in [2.45, 2.75) is 53.1 Å². The third kappa shape index (κ3) is 4.09. The summed E-state index contributed by atoms with van der Waals surface area (Å²) >= 11 is 0. The first kappa shape index (κ1) is 13.4. The quantitative estimate of drug-likeness (QED) is 0.716. The van der Waals surface area contributed by atoms with Crippen molar-refractivity contribution in [1.82, 2.24) is 4.90 Å². The molecule has 3 heteroatoms. The second-order valence-corrected chi connectivity index (χ2v) is 4.29. The van der Waals surface area contributed by atoms with Gasteiger partial charge in [0.25, 0.3) is 0 Å². The third-order valence-electron chi connectivity index (χ3n) is 2.97. The van der Waals surface area contributed by atoms with Crippen LogP contribution in [0.1, 0.15) is 41.0 Å². The fourth-order valence-electron chi connectivity index (χ4n) is 1.62. The maximum absolute atomic E-state index is 10.7. The van der Waals surface area contributed by atoms with Crippen LogP contribution < -0.4 is 0 Å². The molecule has 3 nitrogen and oxygen atoms in total. The summed E-state index contributed by atoms with van der Waals surface area (Å²) in [5, 5.41) is 8.79. The lowest BCUT2D eigenvalue weighted by molar-refractivity contribution is -0.139. The number of hydrogen-bond acceptors (Lipinski definition) is 2. The van der Waals surface area contributed by atoms with Crippen LogP contribution in [-0.2, 0) is 4.79 Å². The molecule has 0 bridgehead atoms. The maximum atomic E-state index is 10.7. The molecule has 0 aliphatic rings. The molecule has 0 radical (unpaired) electrons. The molecule has 84 valence electrons. The van der Waals surface area contributed by atoms with E-state index in [1.807, 2.05) is 18.7 Å². The van der Waals surface area contributed by atoms with E-state index in [-0.39, 0.29) is 12.6 Å². The zero-order valence-corrected chi connectivity index (χ0v) is 9.95. The van der Waals surface area contributed by atoms with Gasteiger partial charge in [-0.3, -0.25) is 9.69 Å². The van der Waals surface area contributed by atoms with Gasteiger partial charge in [-0.05, 0) is 26.7 Å². The Hall–Kier alpha value is -0.570. The van der Waals surface area contributed by atoms with Crippen LogP contribution in [-0.4, -0.2) is 34.6 Å². The largest absolute Gasteiger partial charge is 0.480 e. The molecule has 0 aromatic carbocycles. The Labute approximate surface area is 87.1 Å². The number of carboxylic acid groups (broad SMARTS) is 1. The number of rotatable bonds is 6. The van der Waals surface area contributed by atoms with E-state index in [2.05, 4.69) is 20.8 Å². The first-order valence-corrected chi connectivity index (χ1v) is 5.37. The van der Waals surface area contributed by atoms with E-state index in [1.165, 1.54) is 0 Å². The molecule has 0 aromatic heterocycles. The highest BCUT2D eigenvalue weighted by molar-refractivity contribution is 5.69. The van der Waals surface area contributed by atoms with E-state index in [4.69, 9.17) is 5.11 Å². The summed E-state index contributed by atoms with van der Waals surface area (Å²) in [5.74, 6) is -0.203. The van der Waals surface area contributed by atoms with Crippen LogP contribution in [0, 0.1) is 5.92 Å². The number of hydrogen-bond donors (Lipinski definition) is 1. The summed E-state index contributed by atoms with van der Waals surface area (Å²) in [6, 6.07) is 0.617. The molecule has 2 atom stereocenters. The summed E-state index contributed by atoms with van der Waals surface area (Å²) in [4.78, 5) is 12.7. The summed E-state index contributed by atoms with van der Waals surface area (Å²) in [6.07, 6.45) is 1.09. The van der Waals surface area contributed by atoms with Crippen molar-refractivity contribution in [3.63, 3.8) is 0 Å². The van der Waals surface area contributed by atoms with Crippen molar-refractivity contribution < 1.29 is 9.90 Å². The average Bonchev–Trinajstić information content (AvgIpc) is 2.11. The van der Waals surface area contributed by atoms with Crippen LogP contribution >= 0.6 is 0 Å². The molecular weight excluding hydrogens is 178 g/mol. The fraction of sp³-hybridized carbons (Fsp3) is 0.909. The SMILES string of the molecule is CCC(C)C(C)N(CC(=O)O)C(C)C. The van der Waals surface area contributed by atoms with Gasteiger partial charge in [-0.25, -0.2) is 0 Å². The summed E-state index contributed by atoms with van der Waals surface area (Å²) < 4.78 is 0. The predicted octanol–water partition coefficient (Wildman–Crippen LogP) is 2.22. The Morgan fingerprint density at radius 2 is 1.79 bits per heavy atom. The van der Waals surface area contributed by atoms with Gasteiger partial charge in [-0.15, -0.1) is 0 Å². The molecule has 0 fully saturated rings. The topological polar surface area (TPSA) is 40.5 Å². The van der Waals surface area contributed by atoms with Crippen LogP contribution in [0.25, 0.3) is 0 Å². The van der Waals surface area contributed by atoms with Gasteiger partial charge < -0.3 is 5.11 Å². The molecule has 0 amide bonds. The van der Waals surface area contributed by atoms with E-state index >= 15 is 0 Å². The minimum Gasteiger partial charge on any atom is -0.480 e. The number of carbonyl (C=O) groups is 1. The summed E-state index contributed by atoms with van der Waals surface area (Å²) in [5.41, 5.74) is 0. The molecule has 0 rings (SSSR count). The van der Waals surface area contributed by atoms with Gasteiger partial charge in [-0.2, -0.15) is 0 Å². The second kappa shape index (κ2) is 6.02. The van der Waals surface area contributed by atoms with Crippen molar-refractivity contribution in [3.8, 4) is 0 Å². The molecule has 1 N–H and O–H groups in total. The standard InChI is InChI=1S/C11H23NO2/c1-6-9(4)10(5)12(8(2)3)7-11(13)14/h8-10H,6-7H2,1-5H3,(H,13,14). The van der Waals surface area contributed by atoms with Gasteiger partial charge in [0.2, 0.25) is 0 Å². The van der Waals surface area contributed by atoms with Crippen molar-refractivity contribution >= 4 is 5.97 Å². The molecular formula is C11H23NO2. The Kier molecular flexibility index (Phi) is 5.77. The average molecular weight is 201 g/mol. The van der Waals surface area contributed by atoms with Crippen LogP contribution in [0.3, 0.4) is 0 Å². The van der Waals surface area contributed by atoms with Gasteiger partial charge in [0.15, 0.2) is 0 Å². The minimum atomic E-state index is -0.742. The van der Waals surface area contributed by atoms with E-state index in [0.29, 0.717) is 12.0 Å². The predicted molar refractivity (Wildman–Crippen MR) is 58.4 cm³/mol. The molecule has 0 aliphatic heterocycles. The number of carboxylic acids is 1. The Morgan fingerprint density at radius 3 is 2.07 bits per heavy atom. The van der Waals surface area contributed by atoms with Crippen molar-refractivity contribution in [1.29, 1.82) is 0 Å². The normalized spacial score (nSPS) is 15.9. The summed E-state index contributed by atoms with van der Waals surface area (Å²) in [6.45, 7) is 10.6. The van der Waals surface area contributed by atoms with Gasteiger partial charge >= 0.3 is 5.97 Å². The van der Waals surface area contributed by atoms with Crippen molar-refractivity contribution in [2.24, 2.45) is 5.92 Å². The van der Waals surface area contributed by atoms with Crippen LogP contribution in [0.15, 0.2) is 0 Å². The van der Waals surface area contributed by atoms with Crippen LogP contribution in [0.2, 0.25) is 0 Å². The molecule has 14 heavy (non-hydrogen) atoms. The Bertz CT molecular complexity index is 180. The molecule has 0 spiro atoms. The molecule has 0 heterocycles. The number of nitrogens with zero attached hydrogens (tertiary/aromatic N) is 1. The Balaban J connectivity index is 4.40. The maximum Gasteiger partial charge on any atom is 0.317 e. The Morgan fingerprint density at radius 1 is 1.29 bits per heavy atom. The summed E-state index contributed by atoms with van der Waals surface area (Å²) in [7, 11) is 0. The van der Waals surface area contributed by atoms with Crippen LogP contribution in [0.5, 0.6) is 0 Å². The third-order valence-corrected chi connectivity index (χ3v) is 2.97. The molecule has 0 saturated carbocycles. The molecule has 0 aliphatic carbocycles. The van der Waals surface area contributed by atoms with E-state index in [9.17, 15) is 4.79 Å². The zero-order valence-electron chi connectivity index (χ0n) is 9.95. The highest BCUT2D eigenvalue weighted by Crippen LogP contribution is 2.16. The van der Waals surface area contributed by atoms with E-state index in [1.54, 1.807) is 0 Å². The first-order valence-electron chi connectivity index (χ1n) is 5.37. The van der Waals surface area contributed by atoms with Crippen molar-refractivity contribution in [3.05, 3.63) is 0 Å². The highest BCUT2D eigenvalue weighted by Gasteiger charge is 2.23. The van der Waals surface area contributed by atoms with Gasteiger partial charge in [-0.1, -0.05) is 20.3 Å². The fourth-order valence-corrected chi connectivity index (χ4v) is 1.62. The lowest BCUT2D eigenvalue weighted by Gasteiger charge is -2.34. The van der Waals surface area contributed by atoms with Gasteiger partial charge in [0.05, 0.1) is 6.54 Å². The van der Waals surface area contributed by atoms with Crippen LogP contribution in [0.4, 0.5) is 0 Å². The van der Waals surface area contributed by atoms with E-state index in [0.717, 1.165) is 6.42 Å². The lowest BCUT2D eigenvalue weighted by Crippen LogP contribution is -2.45. The monoisotopic (exact) mass is 201 g/mol. The van der Waals surface area contributed by atoms with E-state index < -0.39 is 5.97 Å². The molecule has 0 saturated heterocycles. The molecule has 0 aromatic rings. The lowest BCUT2D eigenvalue weighted by atomic mass is 9.98. The highest BCUT2D eigenvalue weighted by atomic mass is 16.4. The smallest absolute Gasteiger partial charge is 0.317 e. The molecule has 2 unspecified atom stereocenters. The van der Waals surface area contributed by atoms with Crippen molar-refractivity contribution in [2.75, 3.05) is 6.54 Å². The van der Waals surface area contributed by atoms with Gasteiger partial charge in [0, 0.05) is 12.1 Å². The van der Waals surface area contributed by atoms with Gasteiger partial charge in [0.1, 0.15) is 0 Å². The minimum absolute atomic E-state index is 0.142. The first-order chi connectivity index (χ1) is 6.40.